The lowest BCUT2D eigenvalue weighted by molar-refractivity contribution is 0.0731. The Balaban J connectivity index is 1.69. The second-order valence-corrected chi connectivity index (χ2v) is 8.02. The van der Waals surface area contributed by atoms with Gasteiger partial charge in [0.05, 0.1) is 13.2 Å². The van der Waals surface area contributed by atoms with Gasteiger partial charge in [0.25, 0.3) is 10.0 Å². The molecule has 0 atom stereocenters. The topological polar surface area (TPSA) is 58.6 Å². The quantitative estimate of drug-likeness (QED) is 0.882. The lowest BCUT2D eigenvalue weighted by Gasteiger charge is -2.25. The first-order valence-electron chi connectivity index (χ1n) is 6.55. The fourth-order valence-corrected chi connectivity index (χ4v) is 4.81. The van der Waals surface area contributed by atoms with E-state index >= 15 is 0 Å². The monoisotopic (exact) mass is 302 g/mol. The van der Waals surface area contributed by atoms with Crippen LogP contribution < -0.4 is 5.32 Å². The molecule has 0 spiro atoms. The first-order chi connectivity index (χ1) is 9.16. The van der Waals surface area contributed by atoms with E-state index in [0.717, 1.165) is 12.1 Å². The van der Waals surface area contributed by atoms with E-state index in [1.54, 1.807) is 6.07 Å². The molecule has 1 aromatic heterocycles. The van der Waals surface area contributed by atoms with Crippen LogP contribution in [0.2, 0.25) is 0 Å². The number of morpholine rings is 1. The van der Waals surface area contributed by atoms with Gasteiger partial charge in [-0.1, -0.05) is 0 Å². The second kappa shape index (κ2) is 5.49. The van der Waals surface area contributed by atoms with E-state index < -0.39 is 10.0 Å². The summed E-state index contributed by atoms with van der Waals surface area (Å²) in [6, 6.07) is 2.43. The van der Waals surface area contributed by atoms with Crippen LogP contribution >= 0.6 is 11.3 Å². The van der Waals surface area contributed by atoms with E-state index in [1.807, 2.05) is 5.38 Å². The molecule has 3 rings (SSSR count). The highest BCUT2D eigenvalue weighted by atomic mass is 32.2. The predicted molar refractivity (Wildman–Crippen MR) is 73.8 cm³/mol. The molecule has 1 saturated heterocycles. The number of hydrogen-bond donors (Lipinski definition) is 1. The Morgan fingerprint density at radius 2 is 2.11 bits per heavy atom. The Morgan fingerprint density at radius 1 is 1.37 bits per heavy atom. The van der Waals surface area contributed by atoms with E-state index in [4.69, 9.17) is 4.74 Å². The summed E-state index contributed by atoms with van der Waals surface area (Å²) in [5.41, 5.74) is 1.06. The van der Waals surface area contributed by atoms with Gasteiger partial charge in [-0.2, -0.15) is 4.31 Å². The SMILES string of the molecule is O=S(=O)(c1cc(CNC2CC2)cs1)N1CCOCC1. The average Bonchev–Trinajstić information content (AvgIpc) is 3.13. The molecule has 2 heterocycles. The molecular weight excluding hydrogens is 284 g/mol. The third-order valence-corrected chi connectivity index (χ3v) is 6.73. The van der Waals surface area contributed by atoms with Gasteiger partial charge < -0.3 is 10.1 Å². The molecule has 2 aliphatic rings. The van der Waals surface area contributed by atoms with Crippen molar-refractivity contribution in [3.8, 4) is 0 Å². The summed E-state index contributed by atoms with van der Waals surface area (Å²) in [4.78, 5) is 0. The first kappa shape index (κ1) is 13.5. The van der Waals surface area contributed by atoms with Crippen LogP contribution in [0.1, 0.15) is 18.4 Å². The molecule has 0 aromatic carbocycles. The zero-order chi connectivity index (χ0) is 13.3. The summed E-state index contributed by atoms with van der Waals surface area (Å²) >= 11 is 1.31. The molecule has 19 heavy (non-hydrogen) atoms. The molecule has 1 aliphatic heterocycles. The molecule has 0 radical (unpaired) electrons. The average molecular weight is 302 g/mol. The lowest BCUT2D eigenvalue weighted by atomic mass is 10.3. The number of nitrogens with zero attached hydrogens (tertiary/aromatic N) is 1. The van der Waals surface area contributed by atoms with Crippen LogP contribution in [0.25, 0.3) is 0 Å². The zero-order valence-electron chi connectivity index (χ0n) is 10.7. The van der Waals surface area contributed by atoms with E-state index in [0.29, 0.717) is 36.6 Å². The Morgan fingerprint density at radius 3 is 2.79 bits per heavy atom. The maximum absolute atomic E-state index is 12.4. The smallest absolute Gasteiger partial charge is 0.252 e. The Labute approximate surface area is 117 Å². The Bertz CT molecular complexity index is 531. The van der Waals surface area contributed by atoms with Crippen molar-refractivity contribution in [2.75, 3.05) is 26.3 Å². The largest absolute Gasteiger partial charge is 0.379 e. The fourth-order valence-electron chi connectivity index (χ4n) is 2.04. The van der Waals surface area contributed by atoms with Crippen molar-refractivity contribution in [3.63, 3.8) is 0 Å². The van der Waals surface area contributed by atoms with Crippen LogP contribution in [0.3, 0.4) is 0 Å². The van der Waals surface area contributed by atoms with Gasteiger partial charge in [0.2, 0.25) is 0 Å². The normalized spacial score (nSPS) is 21.7. The maximum atomic E-state index is 12.4. The van der Waals surface area contributed by atoms with Gasteiger partial charge in [0, 0.05) is 25.7 Å². The number of thiophene rings is 1. The van der Waals surface area contributed by atoms with Crippen molar-refractivity contribution in [2.45, 2.75) is 29.6 Å². The van der Waals surface area contributed by atoms with E-state index in [-0.39, 0.29) is 0 Å². The molecule has 1 N–H and O–H groups in total. The molecule has 1 aliphatic carbocycles. The van der Waals surface area contributed by atoms with Gasteiger partial charge >= 0.3 is 0 Å². The van der Waals surface area contributed by atoms with Crippen molar-refractivity contribution >= 4 is 21.4 Å². The highest BCUT2D eigenvalue weighted by Crippen LogP contribution is 2.25. The van der Waals surface area contributed by atoms with E-state index in [1.165, 1.54) is 28.5 Å². The number of ether oxygens (including phenoxy) is 1. The summed E-state index contributed by atoms with van der Waals surface area (Å²) in [5, 5.41) is 5.33. The first-order valence-corrected chi connectivity index (χ1v) is 8.87. The van der Waals surface area contributed by atoms with Crippen molar-refractivity contribution < 1.29 is 13.2 Å². The third kappa shape index (κ3) is 3.17. The van der Waals surface area contributed by atoms with Crippen molar-refractivity contribution in [3.05, 3.63) is 17.0 Å². The highest BCUT2D eigenvalue weighted by molar-refractivity contribution is 7.91. The van der Waals surface area contributed by atoms with E-state index in [9.17, 15) is 8.42 Å². The van der Waals surface area contributed by atoms with Gasteiger partial charge in [-0.25, -0.2) is 8.42 Å². The van der Waals surface area contributed by atoms with Crippen LogP contribution in [0.5, 0.6) is 0 Å². The Hall–Kier alpha value is -0.470. The molecule has 2 fully saturated rings. The molecule has 1 saturated carbocycles. The van der Waals surface area contributed by atoms with Crippen molar-refractivity contribution in [1.82, 2.24) is 9.62 Å². The number of nitrogens with one attached hydrogen (secondary N) is 1. The number of rotatable bonds is 5. The maximum Gasteiger partial charge on any atom is 0.252 e. The Kier molecular flexibility index (Phi) is 3.91. The van der Waals surface area contributed by atoms with Crippen LogP contribution in [0, 0.1) is 0 Å². The predicted octanol–water partition coefficient (Wildman–Crippen LogP) is 1.02. The zero-order valence-corrected chi connectivity index (χ0v) is 12.3. The minimum absolute atomic E-state index is 0.446. The van der Waals surface area contributed by atoms with Gasteiger partial charge in [-0.15, -0.1) is 11.3 Å². The summed E-state index contributed by atoms with van der Waals surface area (Å²) in [6.45, 7) is 2.65. The number of sulfonamides is 1. The molecule has 7 heteroatoms. The molecule has 5 nitrogen and oxygen atoms in total. The standard InChI is InChI=1S/C12H18N2O3S2/c15-19(16,14-3-5-17-6-4-14)12-7-10(9-18-12)8-13-11-1-2-11/h7,9,11,13H,1-6,8H2. The summed E-state index contributed by atoms with van der Waals surface area (Å²) < 4.78 is 32.0. The van der Waals surface area contributed by atoms with Gasteiger partial charge in [0.15, 0.2) is 0 Å². The minimum Gasteiger partial charge on any atom is -0.379 e. The summed E-state index contributed by atoms with van der Waals surface area (Å²) in [6.07, 6.45) is 2.48. The van der Waals surface area contributed by atoms with Gasteiger partial charge in [-0.3, -0.25) is 0 Å². The fraction of sp³-hybridized carbons (Fsp3) is 0.667. The molecule has 0 bridgehead atoms. The highest BCUT2D eigenvalue weighted by Gasteiger charge is 2.28. The van der Waals surface area contributed by atoms with Crippen molar-refractivity contribution in [1.29, 1.82) is 0 Å². The molecule has 1 aromatic rings. The summed E-state index contributed by atoms with van der Waals surface area (Å²) in [5.74, 6) is 0. The van der Waals surface area contributed by atoms with Crippen LogP contribution in [0.4, 0.5) is 0 Å². The van der Waals surface area contributed by atoms with Crippen molar-refractivity contribution in [2.24, 2.45) is 0 Å². The third-order valence-electron chi connectivity index (χ3n) is 3.37. The van der Waals surface area contributed by atoms with E-state index in [2.05, 4.69) is 5.32 Å². The molecule has 0 amide bonds. The minimum atomic E-state index is -3.32. The second-order valence-electron chi connectivity index (χ2n) is 4.95. The lowest BCUT2D eigenvalue weighted by Crippen LogP contribution is -2.40. The van der Waals surface area contributed by atoms with Crippen LogP contribution in [0.15, 0.2) is 15.7 Å². The molecular formula is C12H18N2O3S2. The van der Waals surface area contributed by atoms with Gasteiger partial charge in [0.1, 0.15) is 4.21 Å². The molecule has 0 unspecified atom stereocenters. The van der Waals surface area contributed by atoms with Crippen LogP contribution in [-0.2, 0) is 21.3 Å². The number of hydrogen-bond acceptors (Lipinski definition) is 5. The van der Waals surface area contributed by atoms with Crippen LogP contribution in [-0.4, -0.2) is 45.1 Å². The summed E-state index contributed by atoms with van der Waals surface area (Å²) in [7, 11) is -3.32. The molecule has 106 valence electrons. The van der Waals surface area contributed by atoms with Gasteiger partial charge in [-0.05, 0) is 29.9 Å².